The standard InChI is InChI=1S/C12H15N3S/c1-12(2,9-6-4-3-5-7-9)11-15-14-10(8-13)16-11/h3-7H,8,13H2,1-2H3. The van der Waals surface area contributed by atoms with E-state index < -0.39 is 0 Å². The Labute approximate surface area is 99.3 Å². The van der Waals surface area contributed by atoms with E-state index in [2.05, 4.69) is 36.2 Å². The number of hydrogen-bond acceptors (Lipinski definition) is 4. The molecule has 1 aromatic heterocycles. The second kappa shape index (κ2) is 4.31. The normalized spacial score (nSPS) is 11.7. The predicted octanol–water partition coefficient (Wildman–Crippen LogP) is 2.32. The summed E-state index contributed by atoms with van der Waals surface area (Å²) in [6.07, 6.45) is 0. The van der Waals surface area contributed by atoms with Gasteiger partial charge in [0.25, 0.3) is 0 Å². The molecule has 0 amide bonds. The quantitative estimate of drug-likeness (QED) is 0.885. The Bertz CT molecular complexity index is 462. The van der Waals surface area contributed by atoms with Gasteiger partial charge in [0, 0.05) is 12.0 Å². The first-order valence-electron chi connectivity index (χ1n) is 5.23. The highest BCUT2D eigenvalue weighted by atomic mass is 32.1. The van der Waals surface area contributed by atoms with Crippen molar-refractivity contribution >= 4 is 11.3 Å². The summed E-state index contributed by atoms with van der Waals surface area (Å²) < 4.78 is 0. The summed E-state index contributed by atoms with van der Waals surface area (Å²) in [5.74, 6) is 0. The van der Waals surface area contributed by atoms with Crippen LogP contribution in [0.5, 0.6) is 0 Å². The molecule has 2 N–H and O–H groups in total. The summed E-state index contributed by atoms with van der Waals surface area (Å²) in [6.45, 7) is 4.77. The number of nitrogens with zero attached hydrogens (tertiary/aromatic N) is 2. The average molecular weight is 233 g/mol. The lowest BCUT2D eigenvalue weighted by Gasteiger charge is -2.21. The Balaban J connectivity index is 2.38. The molecule has 0 saturated heterocycles. The van der Waals surface area contributed by atoms with Gasteiger partial charge in [-0.1, -0.05) is 41.7 Å². The van der Waals surface area contributed by atoms with E-state index in [4.69, 9.17) is 5.73 Å². The van der Waals surface area contributed by atoms with Crippen molar-refractivity contribution in [3.63, 3.8) is 0 Å². The Hall–Kier alpha value is -1.26. The molecule has 0 aliphatic heterocycles. The van der Waals surface area contributed by atoms with Crippen molar-refractivity contribution in [1.82, 2.24) is 10.2 Å². The monoisotopic (exact) mass is 233 g/mol. The molecule has 84 valence electrons. The van der Waals surface area contributed by atoms with E-state index in [1.165, 1.54) is 5.56 Å². The summed E-state index contributed by atoms with van der Waals surface area (Å²) >= 11 is 1.59. The third-order valence-corrected chi connectivity index (χ3v) is 3.94. The fourth-order valence-corrected chi connectivity index (χ4v) is 2.41. The van der Waals surface area contributed by atoms with Crippen LogP contribution >= 0.6 is 11.3 Å². The van der Waals surface area contributed by atoms with Gasteiger partial charge in [-0.3, -0.25) is 0 Å². The van der Waals surface area contributed by atoms with Gasteiger partial charge < -0.3 is 5.73 Å². The maximum atomic E-state index is 5.55. The van der Waals surface area contributed by atoms with Crippen LogP contribution in [0, 0.1) is 0 Å². The largest absolute Gasteiger partial charge is 0.324 e. The van der Waals surface area contributed by atoms with E-state index in [0.29, 0.717) is 6.54 Å². The molecular weight excluding hydrogens is 218 g/mol. The van der Waals surface area contributed by atoms with Crippen LogP contribution in [-0.4, -0.2) is 10.2 Å². The first kappa shape index (κ1) is 11.2. The molecule has 16 heavy (non-hydrogen) atoms. The minimum absolute atomic E-state index is 0.105. The van der Waals surface area contributed by atoms with Crippen molar-refractivity contribution in [3.05, 3.63) is 45.9 Å². The first-order chi connectivity index (χ1) is 7.64. The van der Waals surface area contributed by atoms with E-state index in [0.717, 1.165) is 10.0 Å². The zero-order chi connectivity index (χ0) is 11.6. The Morgan fingerprint density at radius 2 is 1.88 bits per heavy atom. The molecule has 2 aromatic rings. The van der Waals surface area contributed by atoms with Gasteiger partial charge in [0.05, 0.1) is 0 Å². The molecule has 0 aliphatic rings. The minimum Gasteiger partial charge on any atom is -0.324 e. The number of nitrogens with two attached hydrogens (primary N) is 1. The van der Waals surface area contributed by atoms with E-state index in [-0.39, 0.29) is 5.41 Å². The second-order valence-corrected chi connectivity index (χ2v) is 5.26. The number of aromatic nitrogens is 2. The topological polar surface area (TPSA) is 51.8 Å². The number of rotatable bonds is 3. The van der Waals surface area contributed by atoms with Crippen LogP contribution in [0.1, 0.15) is 29.4 Å². The van der Waals surface area contributed by atoms with Crippen molar-refractivity contribution in [1.29, 1.82) is 0 Å². The summed E-state index contributed by atoms with van der Waals surface area (Å²) in [7, 11) is 0. The lowest BCUT2D eigenvalue weighted by Crippen LogP contribution is -2.18. The van der Waals surface area contributed by atoms with Crippen molar-refractivity contribution < 1.29 is 0 Å². The number of benzene rings is 1. The summed E-state index contributed by atoms with van der Waals surface area (Å²) in [5.41, 5.74) is 6.69. The Morgan fingerprint density at radius 3 is 2.44 bits per heavy atom. The summed E-state index contributed by atoms with van der Waals surface area (Å²) in [6, 6.07) is 10.3. The zero-order valence-electron chi connectivity index (χ0n) is 9.47. The van der Waals surface area contributed by atoms with E-state index in [1.54, 1.807) is 11.3 Å². The van der Waals surface area contributed by atoms with Gasteiger partial charge in [0.1, 0.15) is 10.0 Å². The van der Waals surface area contributed by atoms with Crippen LogP contribution in [-0.2, 0) is 12.0 Å². The Kier molecular flexibility index (Phi) is 3.03. The van der Waals surface area contributed by atoms with E-state index in [1.807, 2.05) is 18.2 Å². The van der Waals surface area contributed by atoms with Crippen molar-refractivity contribution in [2.24, 2.45) is 5.73 Å². The molecule has 0 unspecified atom stereocenters. The SMILES string of the molecule is CC(C)(c1ccccc1)c1nnc(CN)s1. The van der Waals surface area contributed by atoms with Crippen LogP contribution in [0.15, 0.2) is 30.3 Å². The van der Waals surface area contributed by atoms with Crippen molar-refractivity contribution in [2.75, 3.05) is 0 Å². The highest BCUT2D eigenvalue weighted by molar-refractivity contribution is 7.11. The highest BCUT2D eigenvalue weighted by Gasteiger charge is 2.27. The van der Waals surface area contributed by atoms with Crippen LogP contribution in [0.25, 0.3) is 0 Å². The molecule has 0 aliphatic carbocycles. The smallest absolute Gasteiger partial charge is 0.131 e. The zero-order valence-corrected chi connectivity index (χ0v) is 10.3. The molecule has 1 aromatic carbocycles. The summed E-state index contributed by atoms with van der Waals surface area (Å²) in [4.78, 5) is 0. The lowest BCUT2D eigenvalue weighted by molar-refractivity contribution is 0.625. The molecule has 4 heteroatoms. The maximum absolute atomic E-state index is 5.55. The molecular formula is C12H15N3S. The molecule has 2 rings (SSSR count). The molecule has 1 heterocycles. The van der Waals surface area contributed by atoms with E-state index in [9.17, 15) is 0 Å². The van der Waals surface area contributed by atoms with Gasteiger partial charge in [0.2, 0.25) is 0 Å². The van der Waals surface area contributed by atoms with Crippen LogP contribution < -0.4 is 5.73 Å². The van der Waals surface area contributed by atoms with Gasteiger partial charge in [-0.25, -0.2) is 0 Å². The van der Waals surface area contributed by atoms with Gasteiger partial charge in [-0.2, -0.15) is 0 Å². The van der Waals surface area contributed by atoms with Gasteiger partial charge in [-0.05, 0) is 19.4 Å². The van der Waals surface area contributed by atoms with Crippen LogP contribution in [0.4, 0.5) is 0 Å². The van der Waals surface area contributed by atoms with Gasteiger partial charge in [0.15, 0.2) is 0 Å². The predicted molar refractivity (Wildman–Crippen MR) is 66.4 cm³/mol. The van der Waals surface area contributed by atoms with E-state index >= 15 is 0 Å². The third kappa shape index (κ3) is 1.99. The molecule has 0 atom stereocenters. The maximum Gasteiger partial charge on any atom is 0.131 e. The van der Waals surface area contributed by atoms with Crippen molar-refractivity contribution in [2.45, 2.75) is 25.8 Å². The molecule has 0 radical (unpaired) electrons. The first-order valence-corrected chi connectivity index (χ1v) is 6.04. The fourth-order valence-electron chi connectivity index (χ4n) is 1.57. The number of hydrogen-bond donors (Lipinski definition) is 1. The highest BCUT2D eigenvalue weighted by Crippen LogP contribution is 2.32. The van der Waals surface area contributed by atoms with Crippen LogP contribution in [0.2, 0.25) is 0 Å². The lowest BCUT2D eigenvalue weighted by atomic mass is 9.85. The van der Waals surface area contributed by atoms with Crippen LogP contribution in [0.3, 0.4) is 0 Å². The summed E-state index contributed by atoms with van der Waals surface area (Å²) in [5, 5.41) is 10.2. The molecule has 0 spiro atoms. The van der Waals surface area contributed by atoms with Gasteiger partial charge in [-0.15, -0.1) is 10.2 Å². The molecule has 3 nitrogen and oxygen atoms in total. The molecule has 0 bridgehead atoms. The van der Waals surface area contributed by atoms with Gasteiger partial charge >= 0.3 is 0 Å². The Morgan fingerprint density at radius 1 is 1.19 bits per heavy atom. The minimum atomic E-state index is -0.105. The third-order valence-electron chi connectivity index (χ3n) is 2.67. The van der Waals surface area contributed by atoms with Crippen molar-refractivity contribution in [3.8, 4) is 0 Å². The second-order valence-electron chi connectivity index (χ2n) is 4.20. The average Bonchev–Trinajstić information content (AvgIpc) is 2.79. The molecule has 0 saturated carbocycles. The fraction of sp³-hybridized carbons (Fsp3) is 0.333. The molecule has 0 fully saturated rings.